The lowest BCUT2D eigenvalue weighted by Gasteiger charge is -2.22. The minimum atomic E-state index is -3.29. The first kappa shape index (κ1) is 21.0. The van der Waals surface area contributed by atoms with Crippen molar-refractivity contribution in [3.63, 3.8) is 0 Å². The van der Waals surface area contributed by atoms with Crippen LogP contribution < -0.4 is 10.2 Å². The molecule has 130 valence electrons. The highest BCUT2D eigenvalue weighted by molar-refractivity contribution is 9.11. The summed E-state index contributed by atoms with van der Waals surface area (Å²) in [6, 6.07) is 12.1. The lowest BCUT2D eigenvalue weighted by atomic mass is 10.3. The smallest absolute Gasteiger partial charge is 0.199 e. The van der Waals surface area contributed by atoms with Gasteiger partial charge in [0.1, 0.15) is 0 Å². The van der Waals surface area contributed by atoms with E-state index in [0.29, 0.717) is 5.69 Å². The molecule has 0 spiro atoms. The van der Waals surface area contributed by atoms with Crippen LogP contribution in [0.15, 0.2) is 56.3 Å². The summed E-state index contributed by atoms with van der Waals surface area (Å²) in [4.78, 5) is 1.79. The fourth-order valence-corrected chi connectivity index (χ4v) is 3.22. The standard InChI is InChI=1S/C15H15Br2N3O2S.ClH/c1-20(11-4-3-5-12(9-11)23(2,21)22)15(18)19-14-8-10(16)6-7-13(14)17;/h3-9H,1-2H3,(H2,18,19);1H. The Morgan fingerprint density at radius 2 is 1.83 bits per heavy atom. The molecule has 0 amide bonds. The second kappa shape index (κ2) is 8.33. The number of nitrogens with zero attached hydrogens (tertiary/aromatic N) is 1. The Bertz CT molecular complexity index is 860. The van der Waals surface area contributed by atoms with Crippen LogP contribution in [-0.4, -0.2) is 27.7 Å². The molecule has 0 aromatic heterocycles. The van der Waals surface area contributed by atoms with E-state index < -0.39 is 9.84 Å². The van der Waals surface area contributed by atoms with Gasteiger partial charge in [-0.05, 0) is 52.3 Å². The van der Waals surface area contributed by atoms with Crippen molar-refractivity contribution in [1.82, 2.24) is 0 Å². The van der Waals surface area contributed by atoms with Crippen molar-refractivity contribution in [2.75, 3.05) is 23.5 Å². The summed E-state index contributed by atoms with van der Waals surface area (Å²) in [5, 5.41) is 11.2. The van der Waals surface area contributed by atoms with Gasteiger partial charge in [0.15, 0.2) is 15.8 Å². The monoisotopic (exact) mass is 495 g/mol. The summed E-state index contributed by atoms with van der Waals surface area (Å²) in [7, 11) is -1.59. The van der Waals surface area contributed by atoms with E-state index in [1.54, 1.807) is 30.1 Å². The van der Waals surface area contributed by atoms with Crippen molar-refractivity contribution in [3.8, 4) is 0 Å². The number of hydrogen-bond donors (Lipinski definition) is 2. The maximum Gasteiger partial charge on any atom is 0.199 e. The van der Waals surface area contributed by atoms with Crippen LogP contribution in [0.1, 0.15) is 0 Å². The van der Waals surface area contributed by atoms with Crippen LogP contribution in [0.2, 0.25) is 0 Å². The Hall–Kier alpha value is -1.09. The Morgan fingerprint density at radius 1 is 1.17 bits per heavy atom. The summed E-state index contributed by atoms with van der Waals surface area (Å²) in [6.07, 6.45) is 1.16. The lowest BCUT2D eigenvalue weighted by Crippen LogP contribution is -2.32. The van der Waals surface area contributed by atoms with Crippen LogP contribution in [0.3, 0.4) is 0 Å². The van der Waals surface area contributed by atoms with Crippen LogP contribution in [0, 0.1) is 5.41 Å². The first-order valence-corrected chi connectivity index (χ1v) is 10.0. The zero-order chi connectivity index (χ0) is 17.2. The summed E-state index contributed by atoms with van der Waals surface area (Å²) < 4.78 is 25.0. The molecule has 2 N–H and O–H groups in total. The lowest BCUT2D eigenvalue weighted by molar-refractivity contribution is 0.602. The molecule has 0 unspecified atom stereocenters. The molecule has 0 fully saturated rings. The highest BCUT2D eigenvalue weighted by Crippen LogP contribution is 2.27. The molecule has 0 radical (unpaired) electrons. The molecule has 0 heterocycles. The first-order valence-electron chi connectivity index (χ1n) is 6.53. The number of nitrogens with one attached hydrogen (secondary N) is 2. The van der Waals surface area contributed by atoms with Crippen molar-refractivity contribution in [3.05, 3.63) is 51.4 Å². The van der Waals surface area contributed by atoms with Gasteiger partial charge in [0.05, 0.1) is 10.6 Å². The SMILES string of the molecule is CN(C(=N)Nc1cc(Br)ccc1Br)c1cccc(S(C)(=O)=O)c1.Cl. The molecule has 0 saturated heterocycles. The van der Waals surface area contributed by atoms with Gasteiger partial charge < -0.3 is 10.2 Å². The fraction of sp³-hybridized carbons (Fsp3) is 0.133. The van der Waals surface area contributed by atoms with Crippen LogP contribution in [-0.2, 0) is 9.84 Å². The van der Waals surface area contributed by atoms with Gasteiger partial charge in [-0.15, -0.1) is 12.4 Å². The summed E-state index contributed by atoms with van der Waals surface area (Å²) in [5.74, 6) is 0.120. The molecular formula is C15H16Br2ClN3O2S. The molecule has 0 bridgehead atoms. The maximum absolute atomic E-state index is 11.7. The van der Waals surface area contributed by atoms with Crippen LogP contribution >= 0.6 is 44.3 Å². The van der Waals surface area contributed by atoms with E-state index in [1.165, 1.54) is 6.07 Å². The van der Waals surface area contributed by atoms with Gasteiger partial charge in [-0.25, -0.2) is 8.42 Å². The van der Waals surface area contributed by atoms with Crippen LogP contribution in [0.4, 0.5) is 11.4 Å². The molecule has 5 nitrogen and oxygen atoms in total. The predicted octanol–water partition coefficient (Wildman–Crippen LogP) is 4.52. The average molecular weight is 498 g/mol. The Balaban J connectivity index is 0.00000288. The summed E-state index contributed by atoms with van der Waals surface area (Å²) >= 11 is 6.81. The number of benzene rings is 2. The first-order chi connectivity index (χ1) is 10.7. The molecule has 0 saturated carbocycles. The van der Waals surface area contributed by atoms with Gasteiger partial charge in [-0.3, -0.25) is 5.41 Å². The predicted molar refractivity (Wildman–Crippen MR) is 108 cm³/mol. The Labute approximate surface area is 164 Å². The van der Waals surface area contributed by atoms with Crippen molar-refractivity contribution >= 4 is 71.4 Å². The molecule has 2 rings (SSSR count). The van der Waals surface area contributed by atoms with Crippen LogP contribution in [0.5, 0.6) is 0 Å². The van der Waals surface area contributed by atoms with Crippen LogP contribution in [0.25, 0.3) is 0 Å². The maximum atomic E-state index is 11.7. The van der Waals surface area contributed by atoms with E-state index in [0.717, 1.165) is 20.9 Å². The second-order valence-electron chi connectivity index (χ2n) is 4.93. The number of anilines is 2. The molecule has 0 aliphatic carbocycles. The molecule has 9 heteroatoms. The third kappa shape index (κ3) is 5.20. The van der Waals surface area contributed by atoms with Crippen molar-refractivity contribution in [1.29, 1.82) is 5.41 Å². The molecule has 0 aliphatic heterocycles. The number of guanidine groups is 1. The number of halogens is 3. The topological polar surface area (TPSA) is 73.3 Å². The molecule has 0 aliphatic rings. The summed E-state index contributed by atoms with van der Waals surface area (Å²) in [6.45, 7) is 0. The van der Waals surface area contributed by atoms with Gasteiger partial charge >= 0.3 is 0 Å². The molecule has 2 aromatic rings. The van der Waals surface area contributed by atoms with Crippen molar-refractivity contribution < 1.29 is 8.42 Å². The van der Waals surface area contributed by atoms with E-state index >= 15 is 0 Å². The quantitative estimate of drug-likeness (QED) is 0.483. The third-order valence-electron chi connectivity index (χ3n) is 3.15. The van der Waals surface area contributed by atoms with E-state index in [1.807, 2.05) is 18.2 Å². The van der Waals surface area contributed by atoms with E-state index in [-0.39, 0.29) is 23.3 Å². The zero-order valence-corrected chi connectivity index (χ0v) is 17.7. The van der Waals surface area contributed by atoms with E-state index in [4.69, 9.17) is 5.41 Å². The second-order valence-corrected chi connectivity index (χ2v) is 8.71. The molecule has 24 heavy (non-hydrogen) atoms. The van der Waals surface area contributed by atoms with Crippen molar-refractivity contribution in [2.45, 2.75) is 4.90 Å². The molecule has 0 atom stereocenters. The Kier molecular flexibility index (Phi) is 7.27. The number of hydrogen-bond acceptors (Lipinski definition) is 3. The fourth-order valence-electron chi connectivity index (χ4n) is 1.86. The summed E-state index contributed by atoms with van der Waals surface area (Å²) in [5.41, 5.74) is 1.34. The Morgan fingerprint density at radius 3 is 2.46 bits per heavy atom. The van der Waals surface area contributed by atoms with Gasteiger partial charge in [-0.1, -0.05) is 22.0 Å². The van der Waals surface area contributed by atoms with E-state index in [2.05, 4.69) is 37.2 Å². The third-order valence-corrected chi connectivity index (χ3v) is 5.44. The number of sulfone groups is 1. The highest BCUT2D eigenvalue weighted by Gasteiger charge is 2.13. The minimum absolute atomic E-state index is 0. The molecular weight excluding hydrogens is 482 g/mol. The minimum Gasteiger partial charge on any atom is -0.325 e. The van der Waals surface area contributed by atoms with Gasteiger partial charge in [0, 0.05) is 27.9 Å². The largest absolute Gasteiger partial charge is 0.325 e. The zero-order valence-electron chi connectivity index (χ0n) is 12.9. The average Bonchev–Trinajstić information content (AvgIpc) is 2.49. The number of rotatable bonds is 3. The van der Waals surface area contributed by atoms with Gasteiger partial charge in [0.2, 0.25) is 0 Å². The van der Waals surface area contributed by atoms with Crippen molar-refractivity contribution in [2.24, 2.45) is 0 Å². The molecule has 2 aromatic carbocycles. The normalized spacial score (nSPS) is 10.7. The highest BCUT2D eigenvalue weighted by atomic mass is 79.9. The van der Waals surface area contributed by atoms with E-state index in [9.17, 15) is 8.42 Å². The van der Waals surface area contributed by atoms with Gasteiger partial charge in [-0.2, -0.15) is 0 Å². The van der Waals surface area contributed by atoms with Gasteiger partial charge in [0.25, 0.3) is 0 Å².